The van der Waals surface area contributed by atoms with Gasteiger partial charge in [0.1, 0.15) is 0 Å². The molecule has 0 fully saturated rings. The quantitative estimate of drug-likeness (QED) is 0.261. The minimum absolute atomic E-state index is 0.805. The van der Waals surface area contributed by atoms with Crippen LogP contribution in [0.25, 0.3) is 0 Å². The number of allylic oxidation sites excluding steroid dienone is 6. The van der Waals surface area contributed by atoms with Gasteiger partial charge in [-0.15, -0.1) is 0 Å². The van der Waals surface area contributed by atoms with Crippen LogP contribution in [0.5, 0.6) is 0 Å². The fraction of sp³-hybridized carbons (Fsp3) is 0.667. The summed E-state index contributed by atoms with van der Waals surface area (Å²) in [4.78, 5) is 0. The Balaban J connectivity index is 2.19. The van der Waals surface area contributed by atoms with E-state index in [4.69, 9.17) is 0 Å². The van der Waals surface area contributed by atoms with Crippen LogP contribution in [-0.2, 0) is 0 Å². The molecule has 0 saturated heterocycles. The van der Waals surface area contributed by atoms with E-state index in [2.05, 4.69) is 57.3 Å². The van der Waals surface area contributed by atoms with Crippen LogP contribution in [0.2, 0.25) is 25.2 Å². The second-order valence-corrected chi connectivity index (χ2v) is 12.0. The third-order valence-electron chi connectivity index (χ3n) is 4.25. The highest BCUT2D eigenvalue weighted by Gasteiger charge is 2.24. The normalized spacial score (nSPS) is 17.2. The van der Waals surface area contributed by atoms with Gasteiger partial charge in [0, 0.05) is 8.07 Å². The molecule has 0 aromatic carbocycles. The highest BCUT2D eigenvalue weighted by molar-refractivity contribution is 6.77. The summed E-state index contributed by atoms with van der Waals surface area (Å²) >= 11 is 0. The van der Waals surface area contributed by atoms with Gasteiger partial charge in [-0.2, -0.15) is 0 Å². The minimum Gasteiger partial charge on any atom is -0.0917 e. The molecule has 1 atom stereocenters. The van der Waals surface area contributed by atoms with Crippen molar-refractivity contribution >= 4 is 8.07 Å². The van der Waals surface area contributed by atoms with Crippen LogP contribution in [0.15, 0.2) is 36.0 Å². The molecule has 0 amide bonds. The molecule has 1 aliphatic carbocycles. The summed E-state index contributed by atoms with van der Waals surface area (Å²) in [7, 11) is -0.989. The van der Waals surface area contributed by atoms with Gasteiger partial charge in [0.2, 0.25) is 0 Å². The molecular weight excluding hydrogens is 244 g/mol. The Bertz CT molecular complexity index is 334. The molecule has 0 aromatic rings. The summed E-state index contributed by atoms with van der Waals surface area (Å²) in [6.45, 7) is 9.71. The van der Waals surface area contributed by atoms with Crippen molar-refractivity contribution in [2.75, 3.05) is 0 Å². The van der Waals surface area contributed by atoms with Crippen LogP contribution in [0.1, 0.15) is 46.0 Å². The molecule has 0 radical (unpaired) electrons. The maximum absolute atomic E-state index is 2.58. The summed E-state index contributed by atoms with van der Waals surface area (Å²) in [6.07, 6.45) is 18.0. The highest BCUT2D eigenvalue weighted by atomic mass is 28.3. The smallest absolute Gasteiger partial charge is 0.0479 e. The Labute approximate surface area is 121 Å². The Hall–Kier alpha value is -0.563. The zero-order valence-electron chi connectivity index (χ0n) is 13.4. The summed E-state index contributed by atoms with van der Waals surface area (Å²) in [6, 6.07) is 2.98. The maximum Gasteiger partial charge on any atom is 0.0479 e. The van der Waals surface area contributed by atoms with Crippen LogP contribution in [0, 0.1) is 5.92 Å². The molecule has 1 rings (SSSR count). The number of hydrogen-bond donors (Lipinski definition) is 0. The molecule has 0 aliphatic heterocycles. The average Bonchev–Trinajstić information content (AvgIpc) is 2.87. The largest absolute Gasteiger partial charge is 0.0917 e. The predicted octanol–water partition coefficient (Wildman–Crippen LogP) is 6.35. The van der Waals surface area contributed by atoms with Crippen molar-refractivity contribution in [3.8, 4) is 0 Å². The molecular formula is C18H32Si. The van der Waals surface area contributed by atoms with Crippen molar-refractivity contribution in [1.82, 2.24) is 0 Å². The van der Waals surface area contributed by atoms with Crippen LogP contribution in [-0.4, -0.2) is 8.07 Å². The first-order valence-electron chi connectivity index (χ1n) is 8.02. The van der Waals surface area contributed by atoms with Gasteiger partial charge in [-0.25, -0.2) is 0 Å². The fourth-order valence-electron chi connectivity index (χ4n) is 3.10. The van der Waals surface area contributed by atoms with Crippen molar-refractivity contribution in [1.29, 1.82) is 0 Å². The van der Waals surface area contributed by atoms with Gasteiger partial charge >= 0.3 is 0 Å². The van der Waals surface area contributed by atoms with Gasteiger partial charge in [-0.05, 0) is 32.1 Å². The van der Waals surface area contributed by atoms with Crippen LogP contribution >= 0.6 is 0 Å². The van der Waals surface area contributed by atoms with Gasteiger partial charge in [0.15, 0.2) is 0 Å². The highest BCUT2D eigenvalue weighted by Crippen LogP contribution is 2.30. The third kappa shape index (κ3) is 6.96. The van der Waals surface area contributed by atoms with E-state index in [0.29, 0.717) is 0 Å². The summed E-state index contributed by atoms with van der Waals surface area (Å²) in [5, 5.41) is 0. The molecule has 1 unspecified atom stereocenters. The van der Waals surface area contributed by atoms with Crippen molar-refractivity contribution in [2.45, 2.75) is 71.1 Å². The Morgan fingerprint density at radius 3 is 2.68 bits per heavy atom. The van der Waals surface area contributed by atoms with E-state index in [1.807, 2.05) is 0 Å². The Morgan fingerprint density at radius 2 is 2.05 bits per heavy atom. The predicted molar refractivity (Wildman–Crippen MR) is 91.4 cm³/mol. The van der Waals surface area contributed by atoms with E-state index in [1.54, 1.807) is 5.57 Å². The first kappa shape index (κ1) is 16.5. The molecule has 19 heavy (non-hydrogen) atoms. The molecule has 0 bridgehead atoms. The summed E-state index contributed by atoms with van der Waals surface area (Å²) in [5.41, 5.74) is 1.66. The van der Waals surface area contributed by atoms with Gasteiger partial charge in [-0.3, -0.25) is 0 Å². The lowest BCUT2D eigenvalue weighted by molar-refractivity contribution is 0.703. The van der Waals surface area contributed by atoms with E-state index in [0.717, 1.165) is 5.92 Å². The van der Waals surface area contributed by atoms with Crippen LogP contribution in [0.3, 0.4) is 0 Å². The van der Waals surface area contributed by atoms with Gasteiger partial charge in [-0.1, -0.05) is 80.9 Å². The third-order valence-corrected chi connectivity index (χ3v) is 7.68. The second-order valence-electron chi connectivity index (χ2n) is 6.81. The average molecular weight is 277 g/mol. The number of rotatable bonds is 9. The molecule has 0 saturated carbocycles. The number of hydrogen-bond acceptors (Lipinski definition) is 0. The topological polar surface area (TPSA) is 0 Å². The molecule has 108 valence electrons. The lowest BCUT2D eigenvalue weighted by Gasteiger charge is -2.27. The standard InChI is InChI=1S/C18H32Si/c1-5-6-7-8-9-12-15-19(3,4)16-17(2)18-13-10-11-14-18/h5-6,10-11,13,17H,7-9,12,14-16H2,1-4H3/b6-5+. The summed E-state index contributed by atoms with van der Waals surface area (Å²) in [5.74, 6) is 0.805. The Kier molecular flexibility index (Phi) is 7.44. The van der Waals surface area contributed by atoms with Crippen LogP contribution in [0.4, 0.5) is 0 Å². The minimum atomic E-state index is -0.989. The van der Waals surface area contributed by atoms with E-state index in [1.165, 1.54) is 44.2 Å². The lowest BCUT2D eigenvalue weighted by atomic mass is 10.0. The first-order valence-corrected chi connectivity index (χ1v) is 11.4. The van der Waals surface area contributed by atoms with Gasteiger partial charge < -0.3 is 0 Å². The van der Waals surface area contributed by atoms with Crippen molar-refractivity contribution in [2.24, 2.45) is 5.92 Å². The summed E-state index contributed by atoms with van der Waals surface area (Å²) < 4.78 is 0. The molecule has 0 N–H and O–H groups in total. The molecule has 0 heterocycles. The molecule has 0 nitrogen and oxygen atoms in total. The second kappa shape index (κ2) is 8.58. The first-order chi connectivity index (χ1) is 9.05. The molecule has 1 aliphatic rings. The van der Waals surface area contributed by atoms with Crippen LogP contribution < -0.4 is 0 Å². The van der Waals surface area contributed by atoms with E-state index in [9.17, 15) is 0 Å². The maximum atomic E-state index is 2.58. The Morgan fingerprint density at radius 1 is 1.26 bits per heavy atom. The molecule has 0 aromatic heterocycles. The van der Waals surface area contributed by atoms with Crippen molar-refractivity contribution in [3.05, 3.63) is 36.0 Å². The monoisotopic (exact) mass is 276 g/mol. The number of unbranched alkanes of at least 4 members (excludes halogenated alkanes) is 3. The van der Waals surface area contributed by atoms with Gasteiger partial charge in [0.05, 0.1) is 0 Å². The molecule has 0 spiro atoms. The van der Waals surface area contributed by atoms with E-state index in [-0.39, 0.29) is 0 Å². The van der Waals surface area contributed by atoms with E-state index < -0.39 is 8.07 Å². The fourth-order valence-corrected chi connectivity index (χ4v) is 6.43. The van der Waals surface area contributed by atoms with Gasteiger partial charge in [0.25, 0.3) is 0 Å². The van der Waals surface area contributed by atoms with Crippen molar-refractivity contribution < 1.29 is 0 Å². The SMILES string of the molecule is C/C=C/CCCCC[Si](C)(C)CC(C)C1=CC=CC1. The zero-order valence-corrected chi connectivity index (χ0v) is 14.4. The zero-order chi connectivity index (χ0) is 14.1. The lowest BCUT2D eigenvalue weighted by Crippen LogP contribution is -2.28. The van der Waals surface area contributed by atoms with E-state index >= 15 is 0 Å². The van der Waals surface area contributed by atoms with Crippen molar-refractivity contribution in [3.63, 3.8) is 0 Å². The molecule has 1 heteroatoms.